The van der Waals surface area contributed by atoms with E-state index < -0.39 is 0 Å². The summed E-state index contributed by atoms with van der Waals surface area (Å²) in [6, 6.07) is 12.5. The van der Waals surface area contributed by atoms with Gasteiger partial charge < -0.3 is 12.0 Å². The van der Waals surface area contributed by atoms with Gasteiger partial charge in [0.15, 0.2) is 0 Å². The third-order valence-electron chi connectivity index (χ3n) is 0.765. The van der Waals surface area contributed by atoms with Gasteiger partial charge in [0.25, 0.3) is 0 Å². The van der Waals surface area contributed by atoms with Crippen molar-refractivity contribution in [1.29, 1.82) is 0 Å². The van der Waals surface area contributed by atoms with Crippen LogP contribution in [0.4, 0.5) is 0 Å². The number of aliphatic hydroxyl groups is 1. The van der Waals surface area contributed by atoms with Crippen molar-refractivity contribution in [2.24, 2.45) is 0 Å². The van der Waals surface area contributed by atoms with Gasteiger partial charge in [-0.2, -0.15) is 42.8 Å². The summed E-state index contributed by atoms with van der Waals surface area (Å²) in [5, 5.41) is 7.81. The molecule has 0 aliphatic carbocycles. The zero-order chi connectivity index (χ0) is 7.66. The standard InChI is InChI=1S/C6H5.C3H7O.Y/c1-2-4-6-5-3-1;1-2-3-4;/h1-5H;4H,1-3H2;/q2*-1;. The molecule has 0 aromatic heterocycles. The second kappa shape index (κ2) is 12.9. The Morgan fingerprint density at radius 3 is 1.73 bits per heavy atom. The Balaban J connectivity index is 0. The molecular formula is C9H12OY-2. The van der Waals surface area contributed by atoms with Crippen molar-refractivity contribution in [3.05, 3.63) is 43.3 Å². The molecule has 0 spiro atoms. The van der Waals surface area contributed by atoms with Crippen molar-refractivity contribution >= 4 is 0 Å². The Morgan fingerprint density at radius 2 is 1.64 bits per heavy atom. The number of rotatable bonds is 1. The Kier molecular flexibility index (Phi) is 16.3. The molecule has 2 heteroatoms. The Bertz CT molecular complexity index is 102. The predicted molar refractivity (Wildman–Crippen MR) is 42.3 cm³/mol. The summed E-state index contributed by atoms with van der Waals surface area (Å²) < 4.78 is 0. The van der Waals surface area contributed by atoms with Crippen molar-refractivity contribution < 1.29 is 37.8 Å². The van der Waals surface area contributed by atoms with Gasteiger partial charge in [-0.05, 0) is 0 Å². The van der Waals surface area contributed by atoms with Crippen LogP contribution in [0.15, 0.2) is 30.3 Å². The minimum atomic E-state index is 0. The van der Waals surface area contributed by atoms with Crippen molar-refractivity contribution in [3.63, 3.8) is 0 Å². The number of aliphatic hydroxyl groups excluding tert-OH is 1. The first kappa shape index (κ1) is 13.8. The van der Waals surface area contributed by atoms with Crippen molar-refractivity contribution in [2.45, 2.75) is 6.42 Å². The molecule has 0 aliphatic rings. The van der Waals surface area contributed by atoms with Gasteiger partial charge in [0.2, 0.25) is 0 Å². The molecule has 0 atom stereocenters. The van der Waals surface area contributed by atoms with Crippen LogP contribution in [0.3, 0.4) is 0 Å². The van der Waals surface area contributed by atoms with Crippen LogP contribution in [0.5, 0.6) is 0 Å². The van der Waals surface area contributed by atoms with Gasteiger partial charge in [-0.3, -0.25) is 0 Å². The van der Waals surface area contributed by atoms with Gasteiger partial charge in [-0.1, -0.05) is 0 Å². The molecule has 0 heterocycles. The van der Waals surface area contributed by atoms with Crippen molar-refractivity contribution in [2.75, 3.05) is 6.61 Å². The van der Waals surface area contributed by atoms with Gasteiger partial charge >= 0.3 is 0 Å². The molecule has 0 fully saturated rings. The quantitative estimate of drug-likeness (QED) is 0.721. The molecule has 1 N–H and O–H groups in total. The third kappa shape index (κ3) is 13.3. The van der Waals surface area contributed by atoms with E-state index in [2.05, 4.69) is 13.0 Å². The van der Waals surface area contributed by atoms with Gasteiger partial charge in [0, 0.05) is 39.3 Å². The Morgan fingerprint density at radius 1 is 1.18 bits per heavy atom. The molecule has 59 valence electrons. The van der Waals surface area contributed by atoms with Gasteiger partial charge in [0.1, 0.15) is 0 Å². The van der Waals surface area contributed by atoms with Crippen LogP contribution in [-0.2, 0) is 32.7 Å². The molecule has 1 aromatic carbocycles. The number of hydrogen-bond donors (Lipinski definition) is 1. The van der Waals surface area contributed by atoms with Gasteiger partial charge in [-0.15, -0.1) is 0 Å². The smallest absolute Gasteiger partial charge is 0.0159 e. The van der Waals surface area contributed by atoms with E-state index in [0.717, 1.165) is 0 Å². The largest absolute Gasteiger partial charge is 0.399 e. The summed E-state index contributed by atoms with van der Waals surface area (Å²) in [6.45, 7) is 3.56. The van der Waals surface area contributed by atoms with Crippen LogP contribution in [0.2, 0.25) is 0 Å². The zero-order valence-electron chi connectivity index (χ0n) is 6.53. The van der Waals surface area contributed by atoms with Gasteiger partial charge in [-0.25, -0.2) is 0 Å². The molecule has 0 unspecified atom stereocenters. The molecule has 0 aliphatic heterocycles. The molecule has 1 rings (SSSR count). The molecule has 0 amide bonds. The predicted octanol–water partition coefficient (Wildman–Crippen LogP) is 1.69. The summed E-state index contributed by atoms with van der Waals surface area (Å²) in [6.07, 6.45) is 0.625. The first-order valence-electron chi connectivity index (χ1n) is 3.23. The minimum Gasteiger partial charge on any atom is -0.399 e. The van der Waals surface area contributed by atoms with Crippen LogP contribution in [0.25, 0.3) is 0 Å². The first-order chi connectivity index (χ1) is 4.91. The number of benzene rings is 1. The van der Waals surface area contributed by atoms with E-state index in [1.165, 1.54) is 0 Å². The average Bonchev–Trinajstić information content (AvgIpc) is 2.08. The molecule has 0 bridgehead atoms. The summed E-state index contributed by atoms with van der Waals surface area (Å²) in [7, 11) is 0. The Labute approximate surface area is 93.7 Å². The van der Waals surface area contributed by atoms with E-state index in [1.54, 1.807) is 0 Å². The minimum absolute atomic E-state index is 0. The van der Waals surface area contributed by atoms with Crippen LogP contribution in [-0.4, -0.2) is 11.7 Å². The molecule has 1 radical (unpaired) electrons. The second-order valence-electron chi connectivity index (χ2n) is 1.65. The SMILES string of the molecule is [CH2-]CCO.[Y].[c-]1ccccc1. The van der Waals surface area contributed by atoms with Crippen LogP contribution in [0.1, 0.15) is 6.42 Å². The normalized spacial score (nSPS) is 7.09. The molecule has 1 nitrogen and oxygen atoms in total. The zero-order valence-corrected chi connectivity index (χ0v) is 9.37. The average molecular weight is 225 g/mol. The van der Waals surface area contributed by atoms with Gasteiger partial charge in [0.05, 0.1) is 0 Å². The van der Waals surface area contributed by atoms with Crippen LogP contribution < -0.4 is 0 Å². The first-order valence-corrected chi connectivity index (χ1v) is 3.23. The van der Waals surface area contributed by atoms with E-state index in [9.17, 15) is 0 Å². The maximum atomic E-state index is 7.81. The fourth-order valence-electron chi connectivity index (χ4n) is 0.342. The van der Waals surface area contributed by atoms with E-state index >= 15 is 0 Å². The maximum absolute atomic E-state index is 7.81. The summed E-state index contributed by atoms with van der Waals surface area (Å²) >= 11 is 0. The number of hydrogen-bond acceptors (Lipinski definition) is 1. The van der Waals surface area contributed by atoms with E-state index in [-0.39, 0.29) is 39.3 Å². The fourth-order valence-corrected chi connectivity index (χ4v) is 0.342. The molecular weight excluding hydrogens is 213 g/mol. The van der Waals surface area contributed by atoms with Crippen LogP contribution in [0, 0.1) is 13.0 Å². The fraction of sp³-hybridized carbons (Fsp3) is 0.222. The molecule has 0 saturated heterocycles. The Hall–Kier alpha value is 0.284. The molecule has 11 heavy (non-hydrogen) atoms. The molecule has 0 saturated carbocycles. The van der Waals surface area contributed by atoms with E-state index in [0.29, 0.717) is 6.42 Å². The monoisotopic (exact) mass is 225 g/mol. The topological polar surface area (TPSA) is 20.2 Å². The summed E-state index contributed by atoms with van der Waals surface area (Å²) in [5.74, 6) is 0. The molecule has 1 aromatic rings. The van der Waals surface area contributed by atoms with E-state index in [1.807, 2.05) is 30.3 Å². The second-order valence-corrected chi connectivity index (χ2v) is 1.65. The van der Waals surface area contributed by atoms with Crippen LogP contribution >= 0.6 is 0 Å². The van der Waals surface area contributed by atoms with Crippen molar-refractivity contribution in [1.82, 2.24) is 0 Å². The van der Waals surface area contributed by atoms with Crippen molar-refractivity contribution in [3.8, 4) is 0 Å². The van der Waals surface area contributed by atoms with E-state index in [4.69, 9.17) is 5.11 Å². The summed E-state index contributed by atoms with van der Waals surface area (Å²) in [5.41, 5.74) is 0. The maximum Gasteiger partial charge on any atom is 0.0159 e. The third-order valence-corrected chi connectivity index (χ3v) is 0.765. The summed E-state index contributed by atoms with van der Waals surface area (Å²) in [4.78, 5) is 0.